The lowest BCUT2D eigenvalue weighted by Crippen LogP contribution is -2.37. The van der Waals surface area contributed by atoms with E-state index in [0.29, 0.717) is 25.6 Å². The molecule has 4 nitrogen and oxygen atoms in total. The number of rotatable bonds is 4. The molecule has 1 aliphatic heterocycles. The predicted molar refractivity (Wildman–Crippen MR) is 65.4 cm³/mol. The topological polar surface area (TPSA) is 49.4 Å². The number of hydrogen-bond acceptors (Lipinski definition) is 2. The number of carbonyl (C=O) groups excluding carboxylic acids is 2. The standard InChI is InChI=1S/C13H22N2O2/c1-2-7-14-13(17)10-8-12(16)15(9-10)11-5-3-4-6-11/h10-11H,2-9H2,1H3,(H,14,17)/t10-/m0/s1. The lowest BCUT2D eigenvalue weighted by molar-refractivity contribution is -0.130. The van der Waals surface area contributed by atoms with Crippen LogP contribution in [0.1, 0.15) is 45.4 Å². The van der Waals surface area contributed by atoms with Crippen molar-refractivity contribution in [2.24, 2.45) is 5.92 Å². The van der Waals surface area contributed by atoms with E-state index in [1.54, 1.807) is 0 Å². The van der Waals surface area contributed by atoms with Gasteiger partial charge in [0.25, 0.3) is 0 Å². The van der Waals surface area contributed by atoms with Gasteiger partial charge in [-0.3, -0.25) is 9.59 Å². The van der Waals surface area contributed by atoms with Gasteiger partial charge in [0.05, 0.1) is 5.92 Å². The number of nitrogens with zero attached hydrogens (tertiary/aromatic N) is 1. The van der Waals surface area contributed by atoms with E-state index in [1.807, 2.05) is 11.8 Å². The smallest absolute Gasteiger partial charge is 0.225 e. The maximum Gasteiger partial charge on any atom is 0.225 e. The van der Waals surface area contributed by atoms with Crippen LogP contribution in [0.15, 0.2) is 0 Å². The highest BCUT2D eigenvalue weighted by Crippen LogP contribution is 2.29. The molecule has 1 saturated heterocycles. The van der Waals surface area contributed by atoms with Crippen molar-refractivity contribution < 1.29 is 9.59 Å². The summed E-state index contributed by atoms with van der Waals surface area (Å²) in [6, 6.07) is 0.409. The molecule has 1 heterocycles. The lowest BCUT2D eigenvalue weighted by Gasteiger charge is -2.23. The van der Waals surface area contributed by atoms with Gasteiger partial charge in [0.2, 0.25) is 11.8 Å². The highest BCUT2D eigenvalue weighted by atomic mass is 16.2. The molecule has 1 saturated carbocycles. The summed E-state index contributed by atoms with van der Waals surface area (Å²) in [5.74, 6) is 0.115. The first kappa shape index (κ1) is 12.4. The first-order chi connectivity index (χ1) is 8.22. The summed E-state index contributed by atoms with van der Waals surface area (Å²) in [7, 11) is 0. The van der Waals surface area contributed by atoms with Crippen molar-refractivity contribution in [3.8, 4) is 0 Å². The van der Waals surface area contributed by atoms with Gasteiger partial charge >= 0.3 is 0 Å². The summed E-state index contributed by atoms with van der Waals surface area (Å²) in [5.41, 5.74) is 0. The van der Waals surface area contributed by atoms with E-state index >= 15 is 0 Å². The first-order valence-electron chi connectivity index (χ1n) is 6.79. The third-order valence-corrected chi connectivity index (χ3v) is 3.84. The minimum absolute atomic E-state index is 0.0562. The Labute approximate surface area is 103 Å². The second-order valence-corrected chi connectivity index (χ2v) is 5.18. The van der Waals surface area contributed by atoms with Crippen LogP contribution in [0.4, 0.5) is 0 Å². The van der Waals surface area contributed by atoms with Crippen molar-refractivity contribution in [3.63, 3.8) is 0 Å². The maximum absolute atomic E-state index is 11.9. The summed E-state index contributed by atoms with van der Waals surface area (Å²) in [6.07, 6.45) is 6.04. The zero-order valence-corrected chi connectivity index (χ0v) is 10.6. The van der Waals surface area contributed by atoms with Crippen LogP contribution in [-0.4, -0.2) is 35.8 Å². The molecule has 0 bridgehead atoms. The highest BCUT2D eigenvalue weighted by molar-refractivity contribution is 5.89. The third-order valence-electron chi connectivity index (χ3n) is 3.84. The average molecular weight is 238 g/mol. The monoisotopic (exact) mass is 238 g/mol. The van der Waals surface area contributed by atoms with Crippen molar-refractivity contribution in [1.29, 1.82) is 0 Å². The Hall–Kier alpha value is -1.06. The van der Waals surface area contributed by atoms with E-state index in [-0.39, 0.29) is 17.7 Å². The van der Waals surface area contributed by atoms with E-state index in [0.717, 1.165) is 19.3 Å². The molecular formula is C13H22N2O2. The Morgan fingerprint density at radius 3 is 2.76 bits per heavy atom. The van der Waals surface area contributed by atoms with Gasteiger partial charge in [0.15, 0.2) is 0 Å². The molecule has 2 rings (SSSR count). The summed E-state index contributed by atoms with van der Waals surface area (Å²) in [6.45, 7) is 3.39. The Bertz CT molecular complexity index is 298. The van der Waals surface area contributed by atoms with Crippen LogP contribution < -0.4 is 5.32 Å². The molecule has 2 amide bonds. The fourth-order valence-corrected chi connectivity index (χ4v) is 2.87. The largest absolute Gasteiger partial charge is 0.356 e. The molecule has 17 heavy (non-hydrogen) atoms. The minimum atomic E-state index is -0.116. The predicted octanol–water partition coefficient (Wildman–Crippen LogP) is 1.30. The molecule has 1 aliphatic carbocycles. The van der Waals surface area contributed by atoms with Crippen molar-refractivity contribution >= 4 is 11.8 Å². The van der Waals surface area contributed by atoms with Gasteiger partial charge in [-0.1, -0.05) is 19.8 Å². The van der Waals surface area contributed by atoms with E-state index in [1.165, 1.54) is 12.8 Å². The summed E-state index contributed by atoms with van der Waals surface area (Å²) >= 11 is 0. The lowest BCUT2D eigenvalue weighted by atomic mass is 10.1. The molecule has 2 fully saturated rings. The van der Waals surface area contributed by atoms with Crippen LogP contribution in [0.3, 0.4) is 0 Å². The Morgan fingerprint density at radius 1 is 1.41 bits per heavy atom. The molecule has 2 aliphatic rings. The van der Waals surface area contributed by atoms with Crippen LogP contribution in [0, 0.1) is 5.92 Å². The maximum atomic E-state index is 11.9. The molecule has 1 atom stereocenters. The number of likely N-dealkylation sites (tertiary alicyclic amines) is 1. The molecule has 0 aromatic heterocycles. The van der Waals surface area contributed by atoms with Crippen molar-refractivity contribution in [3.05, 3.63) is 0 Å². The van der Waals surface area contributed by atoms with Gasteiger partial charge in [0.1, 0.15) is 0 Å². The van der Waals surface area contributed by atoms with Crippen molar-refractivity contribution in [2.45, 2.75) is 51.5 Å². The van der Waals surface area contributed by atoms with Gasteiger partial charge in [-0.05, 0) is 19.3 Å². The molecule has 4 heteroatoms. The number of nitrogens with one attached hydrogen (secondary N) is 1. The van der Waals surface area contributed by atoms with Crippen molar-refractivity contribution in [1.82, 2.24) is 10.2 Å². The first-order valence-corrected chi connectivity index (χ1v) is 6.79. The van der Waals surface area contributed by atoms with Gasteiger partial charge in [0, 0.05) is 25.6 Å². The molecule has 0 radical (unpaired) electrons. The van der Waals surface area contributed by atoms with E-state index < -0.39 is 0 Å². The molecule has 0 unspecified atom stereocenters. The Morgan fingerprint density at radius 2 is 2.12 bits per heavy atom. The Balaban J connectivity index is 1.87. The second-order valence-electron chi connectivity index (χ2n) is 5.18. The van der Waals surface area contributed by atoms with E-state index in [2.05, 4.69) is 5.32 Å². The zero-order chi connectivity index (χ0) is 12.3. The quantitative estimate of drug-likeness (QED) is 0.802. The van der Waals surface area contributed by atoms with Crippen LogP contribution in [-0.2, 0) is 9.59 Å². The fourth-order valence-electron chi connectivity index (χ4n) is 2.87. The Kier molecular flexibility index (Phi) is 4.02. The molecule has 1 N–H and O–H groups in total. The van der Waals surface area contributed by atoms with E-state index in [9.17, 15) is 9.59 Å². The SMILES string of the molecule is CCCNC(=O)[C@H]1CC(=O)N(C2CCCC2)C1. The number of amides is 2. The third kappa shape index (κ3) is 2.79. The van der Waals surface area contributed by atoms with Gasteiger partial charge in [-0.15, -0.1) is 0 Å². The summed E-state index contributed by atoms with van der Waals surface area (Å²) in [4.78, 5) is 25.7. The van der Waals surface area contributed by atoms with Crippen LogP contribution in [0.2, 0.25) is 0 Å². The van der Waals surface area contributed by atoms with Gasteiger partial charge in [-0.25, -0.2) is 0 Å². The molecule has 0 aromatic carbocycles. The van der Waals surface area contributed by atoms with Crippen LogP contribution in [0.25, 0.3) is 0 Å². The minimum Gasteiger partial charge on any atom is -0.356 e. The molecule has 0 spiro atoms. The summed E-state index contributed by atoms with van der Waals surface area (Å²) < 4.78 is 0. The molecular weight excluding hydrogens is 216 g/mol. The highest BCUT2D eigenvalue weighted by Gasteiger charge is 2.38. The molecule has 96 valence electrons. The zero-order valence-electron chi connectivity index (χ0n) is 10.6. The van der Waals surface area contributed by atoms with Crippen LogP contribution in [0.5, 0.6) is 0 Å². The van der Waals surface area contributed by atoms with Crippen LogP contribution >= 0.6 is 0 Å². The van der Waals surface area contributed by atoms with Gasteiger partial charge in [-0.2, -0.15) is 0 Å². The van der Waals surface area contributed by atoms with E-state index in [4.69, 9.17) is 0 Å². The normalized spacial score (nSPS) is 25.6. The summed E-state index contributed by atoms with van der Waals surface area (Å²) in [5, 5.41) is 2.89. The fraction of sp³-hybridized carbons (Fsp3) is 0.846. The number of hydrogen-bond donors (Lipinski definition) is 1. The average Bonchev–Trinajstić information content (AvgIpc) is 2.94. The number of carbonyl (C=O) groups is 2. The van der Waals surface area contributed by atoms with Gasteiger partial charge < -0.3 is 10.2 Å². The second kappa shape index (κ2) is 5.52. The molecule has 0 aromatic rings. The van der Waals surface area contributed by atoms with Crippen molar-refractivity contribution in [2.75, 3.05) is 13.1 Å².